The Kier molecular flexibility index (Phi) is 5.11. The molecule has 7 heteroatoms. The molecule has 3 aliphatic rings. The number of nitrogens with one attached hydrogen (secondary N) is 2. The number of carbonyl (C=O) groups excluding carboxylic acids is 2. The summed E-state index contributed by atoms with van der Waals surface area (Å²) in [5.74, 6) is 1.71. The van der Waals surface area contributed by atoms with Crippen molar-refractivity contribution in [1.29, 1.82) is 0 Å². The van der Waals surface area contributed by atoms with Gasteiger partial charge in [-0.05, 0) is 59.1 Å². The number of alkyl carbamates (subject to hydrolysis) is 1. The summed E-state index contributed by atoms with van der Waals surface area (Å²) in [4.78, 5) is 24.2. The topological polar surface area (TPSA) is 85.9 Å². The maximum atomic E-state index is 12.4. The molecule has 1 aliphatic heterocycles. The van der Waals surface area contributed by atoms with Gasteiger partial charge in [-0.1, -0.05) is 6.07 Å². The number of aryl methyl sites for hydroxylation is 1. The Labute approximate surface area is 177 Å². The Morgan fingerprint density at radius 3 is 2.57 bits per heavy atom. The standard InChI is InChI=1S/C23H32N2O5/c1-13-6-7-17(18-19(13)28-12-23(18)8-9-23)29-16-10-15(11-16)25-20(26)14(2)24-21(27)30-22(3,4)5/h6-7,14-16H,8-12H2,1-5H3,(H,24,27)(H,25,26)/t14-,15?,16?/m0/s1. The third kappa shape index (κ3) is 4.20. The van der Waals surface area contributed by atoms with E-state index in [1.807, 2.05) is 0 Å². The van der Waals surface area contributed by atoms with Gasteiger partial charge >= 0.3 is 6.09 Å². The van der Waals surface area contributed by atoms with Crippen LogP contribution >= 0.6 is 0 Å². The number of rotatable bonds is 5. The van der Waals surface area contributed by atoms with Crippen molar-refractivity contribution in [3.63, 3.8) is 0 Å². The molecule has 1 spiro atoms. The average Bonchev–Trinajstić information content (AvgIpc) is 3.27. The van der Waals surface area contributed by atoms with Crippen LogP contribution in [0.3, 0.4) is 0 Å². The smallest absolute Gasteiger partial charge is 0.408 e. The van der Waals surface area contributed by atoms with Crippen molar-refractivity contribution in [2.24, 2.45) is 0 Å². The summed E-state index contributed by atoms with van der Waals surface area (Å²) in [5.41, 5.74) is 1.96. The van der Waals surface area contributed by atoms with Gasteiger partial charge in [0, 0.05) is 29.9 Å². The molecule has 1 heterocycles. The molecule has 0 saturated heterocycles. The molecule has 7 nitrogen and oxygen atoms in total. The van der Waals surface area contributed by atoms with Gasteiger partial charge in [0.15, 0.2) is 0 Å². The van der Waals surface area contributed by atoms with E-state index in [2.05, 4.69) is 29.7 Å². The molecule has 0 unspecified atom stereocenters. The minimum absolute atomic E-state index is 0.0509. The average molecular weight is 417 g/mol. The first-order valence-electron chi connectivity index (χ1n) is 10.8. The first kappa shape index (κ1) is 20.8. The van der Waals surface area contributed by atoms with E-state index in [0.29, 0.717) is 0 Å². The third-order valence-corrected chi connectivity index (χ3v) is 6.05. The zero-order valence-corrected chi connectivity index (χ0v) is 18.5. The maximum absolute atomic E-state index is 12.4. The molecule has 0 radical (unpaired) electrons. The van der Waals surface area contributed by atoms with E-state index in [0.717, 1.165) is 49.4 Å². The van der Waals surface area contributed by atoms with E-state index in [4.69, 9.17) is 14.2 Å². The summed E-state index contributed by atoms with van der Waals surface area (Å²) in [5, 5.41) is 5.55. The first-order valence-corrected chi connectivity index (χ1v) is 10.8. The molecule has 2 amide bonds. The molecular formula is C23H32N2O5. The SMILES string of the molecule is Cc1ccc(OC2CC(NC(=O)[C@H](C)NC(=O)OC(C)(C)C)C2)c2c1OCC21CC1. The molecule has 2 fully saturated rings. The fraction of sp³-hybridized carbons (Fsp3) is 0.652. The zero-order chi connectivity index (χ0) is 21.7. The molecule has 1 aromatic carbocycles. The lowest BCUT2D eigenvalue weighted by molar-refractivity contribution is -0.124. The first-order chi connectivity index (χ1) is 14.1. The van der Waals surface area contributed by atoms with Gasteiger partial charge in [-0.3, -0.25) is 4.79 Å². The number of hydrogen-bond acceptors (Lipinski definition) is 5. The van der Waals surface area contributed by atoms with E-state index in [1.54, 1.807) is 27.7 Å². The van der Waals surface area contributed by atoms with Crippen molar-refractivity contribution in [3.05, 3.63) is 23.3 Å². The molecule has 2 N–H and O–H groups in total. The van der Waals surface area contributed by atoms with Gasteiger partial charge in [-0.2, -0.15) is 0 Å². The van der Waals surface area contributed by atoms with Crippen LogP contribution in [0.25, 0.3) is 0 Å². The van der Waals surface area contributed by atoms with Crippen molar-refractivity contribution in [1.82, 2.24) is 10.6 Å². The number of amides is 2. The molecule has 1 aromatic rings. The van der Waals surface area contributed by atoms with Gasteiger partial charge in [-0.15, -0.1) is 0 Å². The van der Waals surface area contributed by atoms with Crippen molar-refractivity contribution < 1.29 is 23.8 Å². The highest BCUT2D eigenvalue weighted by Crippen LogP contribution is 2.59. The molecule has 2 saturated carbocycles. The Morgan fingerprint density at radius 2 is 1.93 bits per heavy atom. The van der Waals surface area contributed by atoms with Gasteiger partial charge in [0.05, 0.1) is 6.61 Å². The number of hydrogen-bond donors (Lipinski definition) is 2. The third-order valence-electron chi connectivity index (χ3n) is 6.05. The molecule has 4 rings (SSSR count). The van der Waals surface area contributed by atoms with Gasteiger partial charge in [-0.25, -0.2) is 4.79 Å². The molecule has 0 aromatic heterocycles. The van der Waals surface area contributed by atoms with Crippen LogP contribution in [-0.4, -0.2) is 42.4 Å². The second-order valence-corrected chi connectivity index (χ2v) is 9.94. The van der Waals surface area contributed by atoms with E-state index < -0.39 is 17.7 Å². The predicted octanol–water partition coefficient (Wildman–Crippen LogP) is 3.36. The molecule has 1 atom stereocenters. The van der Waals surface area contributed by atoms with Gasteiger partial charge in [0.1, 0.15) is 29.2 Å². The van der Waals surface area contributed by atoms with E-state index in [9.17, 15) is 9.59 Å². The Bertz CT molecular complexity index is 850. The monoisotopic (exact) mass is 416 g/mol. The van der Waals surface area contributed by atoms with E-state index in [1.165, 1.54) is 5.56 Å². The number of carbonyl (C=O) groups is 2. The largest absolute Gasteiger partial charge is 0.492 e. The van der Waals surface area contributed by atoms with Crippen LogP contribution < -0.4 is 20.1 Å². The van der Waals surface area contributed by atoms with Gasteiger partial charge < -0.3 is 24.8 Å². The molecule has 2 aliphatic carbocycles. The molecule has 164 valence electrons. The highest BCUT2D eigenvalue weighted by Gasteiger charge is 2.53. The van der Waals surface area contributed by atoms with Crippen LogP contribution in [0.4, 0.5) is 4.79 Å². The van der Waals surface area contributed by atoms with E-state index in [-0.39, 0.29) is 23.5 Å². The normalized spacial score (nSPS) is 24.2. The summed E-state index contributed by atoms with van der Waals surface area (Å²) in [6.45, 7) is 9.84. The van der Waals surface area contributed by atoms with Crippen molar-refractivity contribution in [3.8, 4) is 11.5 Å². The highest BCUT2D eigenvalue weighted by atomic mass is 16.6. The van der Waals surface area contributed by atoms with Crippen LogP contribution in [0.5, 0.6) is 11.5 Å². The van der Waals surface area contributed by atoms with Crippen molar-refractivity contribution in [2.45, 2.75) is 89.5 Å². The lowest BCUT2D eigenvalue weighted by Crippen LogP contribution is -2.54. The number of ether oxygens (including phenoxy) is 3. The van der Waals surface area contributed by atoms with Gasteiger partial charge in [0.2, 0.25) is 5.91 Å². The predicted molar refractivity (Wildman–Crippen MR) is 112 cm³/mol. The van der Waals surface area contributed by atoms with Crippen molar-refractivity contribution in [2.75, 3.05) is 6.61 Å². The fourth-order valence-electron chi connectivity index (χ4n) is 4.12. The zero-order valence-electron chi connectivity index (χ0n) is 18.5. The lowest BCUT2D eigenvalue weighted by Gasteiger charge is -2.37. The second kappa shape index (κ2) is 7.36. The lowest BCUT2D eigenvalue weighted by atomic mass is 9.88. The summed E-state index contributed by atoms with van der Waals surface area (Å²) < 4.78 is 17.4. The van der Waals surface area contributed by atoms with Crippen LogP contribution in [0.1, 0.15) is 64.5 Å². The minimum Gasteiger partial charge on any atom is -0.492 e. The van der Waals surface area contributed by atoms with Crippen LogP contribution in [0.2, 0.25) is 0 Å². The quantitative estimate of drug-likeness (QED) is 0.769. The number of fused-ring (bicyclic) bond motifs is 2. The molecular weight excluding hydrogens is 384 g/mol. The fourth-order valence-corrected chi connectivity index (χ4v) is 4.12. The summed E-state index contributed by atoms with van der Waals surface area (Å²) in [7, 11) is 0. The molecule has 30 heavy (non-hydrogen) atoms. The van der Waals surface area contributed by atoms with Gasteiger partial charge in [0.25, 0.3) is 0 Å². The second-order valence-electron chi connectivity index (χ2n) is 9.94. The van der Waals surface area contributed by atoms with Crippen LogP contribution in [-0.2, 0) is 14.9 Å². The summed E-state index contributed by atoms with van der Waals surface area (Å²) >= 11 is 0. The van der Waals surface area contributed by atoms with E-state index >= 15 is 0 Å². The summed E-state index contributed by atoms with van der Waals surface area (Å²) in [6, 6.07) is 3.50. The highest BCUT2D eigenvalue weighted by molar-refractivity contribution is 5.85. The van der Waals surface area contributed by atoms with Crippen LogP contribution in [0.15, 0.2) is 12.1 Å². The Balaban J connectivity index is 1.26. The van der Waals surface area contributed by atoms with Crippen molar-refractivity contribution >= 4 is 12.0 Å². The number of benzene rings is 1. The summed E-state index contributed by atoms with van der Waals surface area (Å²) in [6.07, 6.45) is 3.30. The van der Waals surface area contributed by atoms with Crippen LogP contribution in [0, 0.1) is 6.92 Å². The molecule has 0 bridgehead atoms. The Hall–Kier alpha value is -2.44. The maximum Gasteiger partial charge on any atom is 0.408 e. The minimum atomic E-state index is -0.660. The Morgan fingerprint density at radius 1 is 1.23 bits per heavy atom.